The van der Waals surface area contributed by atoms with Gasteiger partial charge in [0.05, 0.1) is 25.2 Å². The molecule has 4 bridgehead atoms. The molecule has 6 heterocycles. The molecule has 8 rings (SSSR count). The van der Waals surface area contributed by atoms with E-state index in [-0.39, 0.29) is 30.8 Å². The highest BCUT2D eigenvalue weighted by molar-refractivity contribution is 5.86. The van der Waals surface area contributed by atoms with E-state index in [1.807, 2.05) is 26.0 Å². The zero-order valence-corrected chi connectivity index (χ0v) is 23.1. The summed E-state index contributed by atoms with van der Waals surface area (Å²) in [5.41, 5.74) is -0.254. The predicted octanol–water partition coefficient (Wildman–Crippen LogP) is 3.36. The van der Waals surface area contributed by atoms with E-state index in [4.69, 9.17) is 33.2 Å². The molecule has 212 valence electrons. The molecule has 1 unspecified atom stereocenters. The maximum Gasteiger partial charge on any atom is 0.339 e. The molecule has 3 saturated heterocycles. The number of fused-ring (bicyclic) bond motifs is 1. The van der Waals surface area contributed by atoms with Gasteiger partial charge in [-0.25, -0.2) is 4.79 Å². The second kappa shape index (κ2) is 8.55. The van der Waals surface area contributed by atoms with Crippen LogP contribution in [0.3, 0.4) is 0 Å². The maximum absolute atomic E-state index is 14.3. The van der Waals surface area contributed by atoms with E-state index < -0.39 is 35.0 Å². The molecule has 0 radical (unpaired) electrons. The standard InChI is InChI=1S/C29H37NO9/c1-26(2)7-5-9-28(39-26,13-22(31)33-3)25(32)37-24-23-18-12-20-19(35-16-36-20)11-17(18)21-14-30-10-6-8-27(23,30)15-29(24,34-4)38-21/h11-12,21,23-24H,5-10,13-16H2,1-4H3/t21-,23+,24?,27-,28+,29+/m0/s1. The number of nitrogens with zero attached hydrogens (tertiary/aromatic N) is 1. The van der Waals surface area contributed by atoms with E-state index in [0.29, 0.717) is 24.3 Å². The Morgan fingerprint density at radius 2 is 1.82 bits per heavy atom. The molecular formula is C29H37NO9. The van der Waals surface area contributed by atoms with Gasteiger partial charge in [0.1, 0.15) is 0 Å². The summed E-state index contributed by atoms with van der Waals surface area (Å²) in [7, 11) is 2.95. The Labute approximate surface area is 228 Å². The van der Waals surface area contributed by atoms with Crippen LogP contribution in [-0.2, 0) is 33.3 Å². The molecule has 1 aliphatic carbocycles. The van der Waals surface area contributed by atoms with Gasteiger partial charge >= 0.3 is 11.9 Å². The summed E-state index contributed by atoms with van der Waals surface area (Å²) < 4.78 is 42.5. The normalized spacial score (nSPS) is 39.1. The van der Waals surface area contributed by atoms with Crippen LogP contribution in [0.4, 0.5) is 0 Å². The summed E-state index contributed by atoms with van der Waals surface area (Å²) in [5, 5.41) is 0. The van der Waals surface area contributed by atoms with Crippen molar-refractivity contribution in [3.05, 3.63) is 23.3 Å². The van der Waals surface area contributed by atoms with Gasteiger partial charge in [0.2, 0.25) is 12.6 Å². The third kappa shape index (κ3) is 3.60. The Bertz CT molecular complexity index is 1220. The summed E-state index contributed by atoms with van der Waals surface area (Å²) in [5.74, 6) is -1.05. The minimum Gasteiger partial charge on any atom is -0.469 e. The van der Waals surface area contributed by atoms with Crippen molar-refractivity contribution in [2.45, 2.75) is 99.4 Å². The van der Waals surface area contributed by atoms with Gasteiger partial charge in [0, 0.05) is 31.5 Å². The number of hydrogen-bond donors (Lipinski definition) is 0. The van der Waals surface area contributed by atoms with Gasteiger partial charge < -0.3 is 33.2 Å². The number of methoxy groups -OCH3 is 2. The monoisotopic (exact) mass is 543 g/mol. The predicted molar refractivity (Wildman–Crippen MR) is 135 cm³/mol. The third-order valence-corrected chi connectivity index (χ3v) is 9.96. The molecule has 0 aromatic heterocycles. The largest absolute Gasteiger partial charge is 0.469 e. The van der Waals surface area contributed by atoms with Crippen LogP contribution in [0.15, 0.2) is 12.1 Å². The summed E-state index contributed by atoms with van der Waals surface area (Å²) >= 11 is 0. The number of ether oxygens (including phenoxy) is 7. The highest BCUT2D eigenvalue weighted by Gasteiger charge is 2.72. The lowest BCUT2D eigenvalue weighted by molar-refractivity contribution is -0.288. The minimum absolute atomic E-state index is 0.176. The summed E-state index contributed by atoms with van der Waals surface area (Å²) in [6.07, 6.45) is 3.22. The van der Waals surface area contributed by atoms with Crippen LogP contribution in [0.25, 0.3) is 0 Å². The maximum atomic E-state index is 14.3. The van der Waals surface area contributed by atoms with Gasteiger partial charge in [-0.3, -0.25) is 9.69 Å². The molecule has 0 amide bonds. The Kier molecular flexibility index (Phi) is 5.60. The first-order valence-electron chi connectivity index (χ1n) is 14.0. The fourth-order valence-electron chi connectivity index (χ4n) is 8.37. The van der Waals surface area contributed by atoms with Crippen LogP contribution in [0.5, 0.6) is 11.5 Å². The Morgan fingerprint density at radius 3 is 2.54 bits per heavy atom. The second-order valence-corrected chi connectivity index (χ2v) is 12.6. The number of hydrogen-bond acceptors (Lipinski definition) is 10. The highest BCUT2D eigenvalue weighted by Crippen LogP contribution is 2.65. The number of esters is 2. The third-order valence-electron chi connectivity index (χ3n) is 9.96. The average Bonchev–Trinajstić information content (AvgIpc) is 3.52. The molecule has 4 fully saturated rings. The molecule has 10 heteroatoms. The first-order chi connectivity index (χ1) is 18.6. The van der Waals surface area contributed by atoms with Crippen LogP contribution in [0.2, 0.25) is 0 Å². The van der Waals surface area contributed by atoms with Crippen molar-refractivity contribution < 1.29 is 42.7 Å². The van der Waals surface area contributed by atoms with Crippen molar-refractivity contribution in [3.63, 3.8) is 0 Å². The van der Waals surface area contributed by atoms with Gasteiger partial charge in [0.25, 0.3) is 0 Å². The van der Waals surface area contributed by atoms with Crippen molar-refractivity contribution in [1.29, 1.82) is 0 Å². The second-order valence-electron chi connectivity index (χ2n) is 12.6. The van der Waals surface area contributed by atoms with Gasteiger partial charge in [-0.05, 0) is 75.8 Å². The zero-order valence-electron chi connectivity index (χ0n) is 23.1. The zero-order chi connectivity index (χ0) is 27.2. The molecular weight excluding hydrogens is 506 g/mol. The van der Waals surface area contributed by atoms with E-state index in [0.717, 1.165) is 49.9 Å². The average molecular weight is 544 g/mol. The van der Waals surface area contributed by atoms with Crippen LogP contribution in [-0.4, -0.2) is 79.6 Å². The molecule has 6 aliphatic heterocycles. The first kappa shape index (κ1) is 25.6. The molecule has 0 N–H and O–H groups in total. The molecule has 1 spiro atoms. The quantitative estimate of drug-likeness (QED) is 0.514. The number of carbonyl (C=O) groups excluding carboxylic acids is 2. The molecule has 6 atom stereocenters. The van der Waals surface area contributed by atoms with Crippen molar-refractivity contribution in [1.82, 2.24) is 4.90 Å². The Balaban J connectivity index is 1.34. The molecule has 1 aromatic carbocycles. The Morgan fingerprint density at radius 1 is 1.05 bits per heavy atom. The summed E-state index contributed by atoms with van der Waals surface area (Å²) in [6, 6.07) is 4.07. The van der Waals surface area contributed by atoms with E-state index in [1.165, 1.54) is 7.11 Å². The van der Waals surface area contributed by atoms with Gasteiger partial charge in [-0.15, -0.1) is 0 Å². The molecule has 7 aliphatic rings. The van der Waals surface area contributed by atoms with Crippen molar-refractivity contribution >= 4 is 11.9 Å². The van der Waals surface area contributed by atoms with Crippen molar-refractivity contribution in [2.24, 2.45) is 0 Å². The number of benzene rings is 1. The Hall–Kier alpha value is -2.40. The topological polar surface area (TPSA) is 102 Å². The lowest BCUT2D eigenvalue weighted by atomic mass is 9.78. The highest BCUT2D eigenvalue weighted by atomic mass is 16.7. The van der Waals surface area contributed by atoms with Crippen LogP contribution in [0.1, 0.15) is 81.9 Å². The summed E-state index contributed by atoms with van der Waals surface area (Å²) in [6.45, 7) is 5.73. The van der Waals surface area contributed by atoms with Crippen LogP contribution < -0.4 is 9.47 Å². The van der Waals surface area contributed by atoms with Crippen LogP contribution in [0, 0.1) is 0 Å². The van der Waals surface area contributed by atoms with Crippen LogP contribution >= 0.6 is 0 Å². The molecule has 39 heavy (non-hydrogen) atoms. The van der Waals surface area contributed by atoms with Gasteiger partial charge in [0.15, 0.2) is 23.2 Å². The number of rotatable bonds is 5. The smallest absolute Gasteiger partial charge is 0.339 e. The van der Waals surface area contributed by atoms with Crippen molar-refractivity contribution in [3.8, 4) is 11.5 Å². The summed E-state index contributed by atoms with van der Waals surface area (Å²) in [4.78, 5) is 29.3. The minimum atomic E-state index is -1.45. The van der Waals surface area contributed by atoms with E-state index in [1.54, 1.807) is 7.11 Å². The molecule has 1 aromatic rings. The first-order valence-corrected chi connectivity index (χ1v) is 14.0. The van der Waals surface area contributed by atoms with E-state index in [9.17, 15) is 9.59 Å². The van der Waals surface area contributed by atoms with Gasteiger partial charge in [-0.1, -0.05) is 0 Å². The fraction of sp³-hybridized carbons (Fsp3) is 0.724. The molecule has 10 nitrogen and oxygen atoms in total. The number of carbonyl (C=O) groups is 2. The van der Waals surface area contributed by atoms with Crippen molar-refractivity contribution in [2.75, 3.05) is 34.1 Å². The fourth-order valence-corrected chi connectivity index (χ4v) is 8.37. The lowest BCUT2D eigenvalue weighted by Crippen LogP contribution is -2.56. The van der Waals surface area contributed by atoms with E-state index >= 15 is 0 Å². The molecule has 1 saturated carbocycles. The SMILES string of the molecule is COC(=O)C[C@@]1(C(=O)OC2[C@H]3c4cc5c(cc4[C@@H]4CN6CCC[C@]36C[C@@]2(OC)O4)OCO5)CCCC(C)(C)O1. The lowest BCUT2D eigenvalue weighted by Gasteiger charge is -2.45. The van der Waals surface area contributed by atoms with Gasteiger partial charge in [-0.2, -0.15) is 0 Å². The van der Waals surface area contributed by atoms with E-state index in [2.05, 4.69) is 4.90 Å².